The molecule has 0 fully saturated rings. The van der Waals surface area contributed by atoms with Gasteiger partial charge in [0.1, 0.15) is 0 Å². The van der Waals surface area contributed by atoms with E-state index >= 15 is 0 Å². The molecule has 0 aromatic rings. The fraction of sp³-hybridized carbons (Fsp3) is 0.625. The molecule has 0 aromatic heterocycles. The highest BCUT2D eigenvalue weighted by atomic mass is 16.6. The van der Waals surface area contributed by atoms with E-state index in [-0.39, 0.29) is 0 Å². The standard InChI is InChI=1S/C8H15N2O2/c1-9-6-4-8(12-10-2)5-7-11-3/h2,5,9H,4,6-7H2,1,3H3/q+1/b8-5-. The van der Waals surface area contributed by atoms with Crippen LogP contribution in [-0.2, 0) is 9.57 Å². The summed E-state index contributed by atoms with van der Waals surface area (Å²) in [6.07, 6.45) is 2.55. The lowest BCUT2D eigenvalue weighted by atomic mass is 10.3. The van der Waals surface area contributed by atoms with Gasteiger partial charge in [-0.15, -0.1) is 4.84 Å². The minimum atomic E-state index is 0.508. The number of nitrogens with zero attached hydrogens (tertiary/aromatic N) is 1. The Kier molecular flexibility index (Phi) is 7.35. The molecule has 0 aliphatic heterocycles. The van der Waals surface area contributed by atoms with Crippen molar-refractivity contribution >= 4 is 0 Å². The molecule has 0 aliphatic carbocycles. The first-order valence-corrected chi connectivity index (χ1v) is 3.75. The summed E-state index contributed by atoms with van der Waals surface area (Å²) in [5, 5.41) is 6.08. The van der Waals surface area contributed by atoms with Crippen LogP contribution in [0.25, 0.3) is 5.01 Å². The van der Waals surface area contributed by atoms with Gasteiger partial charge >= 0.3 is 6.57 Å². The summed E-state index contributed by atoms with van der Waals surface area (Å²) in [7, 11) is 3.49. The Morgan fingerprint density at radius 2 is 2.42 bits per heavy atom. The van der Waals surface area contributed by atoms with Crippen molar-refractivity contribution in [2.45, 2.75) is 6.42 Å². The quantitative estimate of drug-likeness (QED) is 0.478. The van der Waals surface area contributed by atoms with Gasteiger partial charge in [0.15, 0.2) is 5.76 Å². The Balaban J connectivity index is 3.78. The minimum Gasteiger partial charge on any atom is -0.380 e. The molecule has 0 atom stereocenters. The summed E-state index contributed by atoms with van der Waals surface area (Å²) < 4.78 is 4.84. The Morgan fingerprint density at radius 1 is 1.67 bits per heavy atom. The van der Waals surface area contributed by atoms with Gasteiger partial charge in [-0.3, -0.25) is 0 Å². The maximum Gasteiger partial charge on any atom is 0.336 e. The predicted molar refractivity (Wildman–Crippen MR) is 47.9 cm³/mol. The molecular formula is C8H15N2O2+. The van der Waals surface area contributed by atoms with Crippen LogP contribution in [0, 0.1) is 6.57 Å². The molecule has 0 unspecified atom stereocenters. The minimum absolute atomic E-state index is 0.508. The zero-order chi connectivity index (χ0) is 9.23. The molecular weight excluding hydrogens is 156 g/mol. The monoisotopic (exact) mass is 171 g/mol. The van der Waals surface area contributed by atoms with Crippen molar-refractivity contribution in [3.8, 4) is 6.57 Å². The zero-order valence-corrected chi connectivity index (χ0v) is 7.54. The van der Waals surface area contributed by atoms with Crippen LogP contribution >= 0.6 is 0 Å². The molecule has 0 aliphatic rings. The Labute approximate surface area is 72.9 Å². The molecule has 0 aromatic carbocycles. The fourth-order valence-electron chi connectivity index (χ4n) is 0.677. The maximum absolute atomic E-state index is 4.87. The van der Waals surface area contributed by atoms with Gasteiger partial charge in [0.05, 0.1) is 6.61 Å². The third kappa shape index (κ3) is 5.71. The van der Waals surface area contributed by atoms with E-state index in [2.05, 4.69) is 10.3 Å². The second kappa shape index (κ2) is 8.05. The van der Waals surface area contributed by atoms with Crippen molar-refractivity contribution in [1.82, 2.24) is 5.32 Å². The maximum atomic E-state index is 4.87. The molecule has 0 bridgehead atoms. The molecule has 1 N–H and O–H groups in total. The van der Waals surface area contributed by atoms with Gasteiger partial charge in [-0.2, -0.15) is 0 Å². The van der Waals surface area contributed by atoms with E-state index in [0.29, 0.717) is 12.4 Å². The molecule has 4 nitrogen and oxygen atoms in total. The molecule has 0 amide bonds. The van der Waals surface area contributed by atoms with E-state index in [4.69, 9.17) is 16.1 Å². The molecule has 0 saturated carbocycles. The molecule has 4 heteroatoms. The average Bonchev–Trinajstić information content (AvgIpc) is 2.10. The van der Waals surface area contributed by atoms with Crippen LogP contribution in [0.3, 0.4) is 0 Å². The van der Waals surface area contributed by atoms with Crippen LogP contribution in [-0.4, -0.2) is 27.3 Å². The molecule has 0 radical (unpaired) electrons. The van der Waals surface area contributed by atoms with Crippen LogP contribution in [0.5, 0.6) is 0 Å². The average molecular weight is 171 g/mol. The summed E-state index contributed by atoms with van der Waals surface area (Å²) in [5.41, 5.74) is 0. The van der Waals surface area contributed by atoms with Crippen molar-refractivity contribution in [3.05, 3.63) is 16.8 Å². The van der Waals surface area contributed by atoms with Crippen molar-refractivity contribution < 1.29 is 9.57 Å². The Hall–Kier alpha value is -1.05. The first-order valence-electron chi connectivity index (χ1n) is 3.75. The summed E-state index contributed by atoms with van der Waals surface area (Å²) in [6.45, 7) is 6.21. The van der Waals surface area contributed by atoms with Crippen molar-refractivity contribution in [3.63, 3.8) is 0 Å². The lowest BCUT2D eigenvalue weighted by Gasteiger charge is -1.96. The largest absolute Gasteiger partial charge is 0.380 e. The highest BCUT2D eigenvalue weighted by Gasteiger charge is 2.02. The normalized spacial score (nSPS) is 10.9. The van der Waals surface area contributed by atoms with Gasteiger partial charge in [0.25, 0.3) is 0 Å². The lowest BCUT2D eigenvalue weighted by Crippen LogP contribution is -2.09. The molecule has 12 heavy (non-hydrogen) atoms. The number of ether oxygens (including phenoxy) is 1. The van der Waals surface area contributed by atoms with Gasteiger partial charge < -0.3 is 10.1 Å². The van der Waals surface area contributed by atoms with Gasteiger partial charge in [0, 0.05) is 20.1 Å². The van der Waals surface area contributed by atoms with E-state index in [0.717, 1.165) is 13.0 Å². The smallest absolute Gasteiger partial charge is 0.336 e. The second-order valence-corrected chi connectivity index (χ2v) is 2.18. The van der Waals surface area contributed by atoms with E-state index in [1.54, 1.807) is 13.2 Å². The fourth-order valence-corrected chi connectivity index (χ4v) is 0.677. The zero-order valence-electron chi connectivity index (χ0n) is 7.54. The van der Waals surface area contributed by atoms with Gasteiger partial charge in [0.2, 0.25) is 5.01 Å². The SMILES string of the molecule is C#[N+]O/C(=C\COC)CCNC. The molecule has 0 heterocycles. The van der Waals surface area contributed by atoms with Crippen LogP contribution in [0.15, 0.2) is 11.8 Å². The highest BCUT2D eigenvalue weighted by molar-refractivity contribution is 4.94. The van der Waals surface area contributed by atoms with Crippen LogP contribution in [0.2, 0.25) is 0 Å². The van der Waals surface area contributed by atoms with Gasteiger partial charge in [-0.05, 0) is 13.1 Å². The lowest BCUT2D eigenvalue weighted by molar-refractivity contribution is 0.226. The van der Waals surface area contributed by atoms with E-state index in [1.807, 2.05) is 7.05 Å². The Bertz CT molecular complexity index is 172. The van der Waals surface area contributed by atoms with Crippen molar-refractivity contribution in [1.29, 1.82) is 0 Å². The third-order valence-corrected chi connectivity index (χ3v) is 1.27. The number of rotatable bonds is 6. The topological polar surface area (TPSA) is 34.9 Å². The third-order valence-electron chi connectivity index (χ3n) is 1.27. The number of hydrogen-bond donors (Lipinski definition) is 1. The number of hydrogen-bond acceptors (Lipinski definition) is 3. The van der Waals surface area contributed by atoms with Crippen molar-refractivity contribution in [2.75, 3.05) is 27.3 Å². The summed E-state index contributed by atoms with van der Waals surface area (Å²) in [5.74, 6) is 0.716. The first-order chi connectivity index (χ1) is 5.85. The first kappa shape index (κ1) is 11.0. The van der Waals surface area contributed by atoms with E-state index in [1.165, 1.54) is 0 Å². The molecule has 0 rings (SSSR count). The van der Waals surface area contributed by atoms with Gasteiger partial charge in [-0.1, -0.05) is 0 Å². The van der Waals surface area contributed by atoms with E-state index in [9.17, 15) is 0 Å². The highest BCUT2D eigenvalue weighted by Crippen LogP contribution is 2.02. The molecule has 0 spiro atoms. The predicted octanol–water partition coefficient (Wildman–Crippen LogP) is 1.02. The molecule has 0 saturated heterocycles. The van der Waals surface area contributed by atoms with E-state index < -0.39 is 0 Å². The van der Waals surface area contributed by atoms with Crippen molar-refractivity contribution in [2.24, 2.45) is 0 Å². The van der Waals surface area contributed by atoms with Gasteiger partial charge in [-0.25, -0.2) is 0 Å². The summed E-state index contributed by atoms with van der Waals surface area (Å²) >= 11 is 0. The second-order valence-electron chi connectivity index (χ2n) is 2.18. The summed E-state index contributed by atoms with van der Waals surface area (Å²) in [6, 6.07) is 0. The Morgan fingerprint density at radius 3 is 2.92 bits per heavy atom. The number of methoxy groups -OCH3 is 1. The van der Waals surface area contributed by atoms with Crippen LogP contribution < -0.4 is 5.32 Å². The van der Waals surface area contributed by atoms with Crippen LogP contribution in [0.4, 0.5) is 0 Å². The van der Waals surface area contributed by atoms with Crippen LogP contribution in [0.1, 0.15) is 6.42 Å². The summed E-state index contributed by atoms with van der Waals surface area (Å²) in [4.78, 5) is 4.79. The molecule has 68 valence electrons. The number of nitrogens with one attached hydrogen (secondary N) is 1.